The number of rotatable bonds is 9. The first-order valence-electron chi connectivity index (χ1n) is 5.90. The molecule has 0 fully saturated rings. The third-order valence-electron chi connectivity index (χ3n) is 2.23. The van der Waals surface area contributed by atoms with Crippen molar-refractivity contribution >= 4 is 5.97 Å². The Morgan fingerprint density at radius 3 is 2.44 bits per heavy atom. The predicted molar refractivity (Wildman–Crippen MR) is 62.4 cm³/mol. The van der Waals surface area contributed by atoms with Gasteiger partial charge in [0.15, 0.2) is 0 Å². The fraction of sp³-hybridized carbons (Fsp3) is 0.917. The van der Waals surface area contributed by atoms with E-state index >= 15 is 0 Å². The van der Waals surface area contributed by atoms with Crippen molar-refractivity contribution in [3.05, 3.63) is 0 Å². The zero-order valence-electron chi connectivity index (χ0n) is 10.8. The number of carbonyl (C=O) groups excluding carboxylic acids is 1. The molecular formula is C12H24O4. The van der Waals surface area contributed by atoms with E-state index in [1.807, 2.05) is 20.8 Å². The number of esters is 1. The molecule has 16 heavy (non-hydrogen) atoms. The Labute approximate surface area is 98.3 Å². The minimum atomic E-state index is -0.142. The Kier molecular flexibility index (Phi) is 9.24. The van der Waals surface area contributed by atoms with Gasteiger partial charge in [-0.1, -0.05) is 13.3 Å². The first-order valence-corrected chi connectivity index (χ1v) is 5.90. The minimum Gasteiger partial charge on any atom is -0.463 e. The number of hydrogen-bond acceptors (Lipinski definition) is 4. The zero-order valence-corrected chi connectivity index (χ0v) is 10.8. The number of unbranched alkanes of at least 4 members (excludes halogenated alkanes) is 1. The van der Waals surface area contributed by atoms with Crippen LogP contribution in [0.15, 0.2) is 0 Å². The second-order valence-electron chi connectivity index (χ2n) is 3.98. The van der Waals surface area contributed by atoms with E-state index < -0.39 is 0 Å². The second kappa shape index (κ2) is 9.60. The maximum atomic E-state index is 11.2. The summed E-state index contributed by atoms with van der Waals surface area (Å²) < 4.78 is 15.6. The van der Waals surface area contributed by atoms with E-state index in [1.165, 1.54) is 0 Å². The van der Waals surface area contributed by atoms with Crippen LogP contribution >= 0.6 is 0 Å². The fourth-order valence-corrected chi connectivity index (χ4v) is 1.02. The normalized spacial score (nSPS) is 14.5. The lowest BCUT2D eigenvalue weighted by Gasteiger charge is -2.16. The number of hydrogen-bond donors (Lipinski definition) is 0. The molecule has 0 saturated heterocycles. The van der Waals surface area contributed by atoms with Crippen molar-refractivity contribution in [3.8, 4) is 0 Å². The SMILES string of the molecule is CCCCC(=O)OCC(C)OCC(C)OC. The van der Waals surface area contributed by atoms with Crippen LogP contribution in [-0.2, 0) is 19.0 Å². The maximum Gasteiger partial charge on any atom is 0.305 e. The van der Waals surface area contributed by atoms with Crippen molar-refractivity contribution in [1.82, 2.24) is 0 Å². The van der Waals surface area contributed by atoms with Gasteiger partial charge in [0.25, 0.3) is 0 Å². The summed E-state index contributed by atoms with van der Waals surface area (Å²) in [6.45, 7) is 6.70. The summed E-state index contributed by atoms with van der Waals surface area (Å²) in [6, 6.07) is 0. The molecule has 0 aromatic carbocycles. The Balaban J connectivity index is 3.49. The third kappa shape index (κ3) is 8.68. The van der Waals surface area contributed by atoms with Gasteiger partial charge in [0, 0.05) is 13.5 Å². The molecule has 0 aliphatic heterocycles. The lowest BCUT2D eigenvalue weighted by atomic mass is 10.2. The van der Waals surface area contributed by atoms with Crippen LogP contribution in [-0.4, -0.2) is 38.5 Å². The van der Waals surface area contributed by atoms with Gasteiger partial charge in [0.05, 0.1) is 18.8 Å². The molecule has 2 unspecified atom stereocenters. The van der Waals surface area contributed by atoms with Crippen molar-refractivity contribution in [2.75, 3.05) is 20.3 Å². The van der Waals surface area contributed by atoms with Crippen LogP contribution in [0.1, 0.15) is 40.0 Å². The number of methoxy groups -OCH3 is 1. The molecule has 0 rings (SSSR count). The van der Waals surface area contributed by atoms with Gasteiger partial charge in [-0.2, -0.15) is 0 Å². The first-order chi connectivity index (χ1) is 7.60. The lowest BCUT2D eigenvalue weighted by molar-refractivity contribution is -0.148. The van der Waals surface area contributed by atoms with Gasteiger partial charge in [0.2, 0.25) is 0 Å². The summed E-state index contributed by atoms with van der Waals surface area (Å²) in [5, 5.41) is 0. The molecule has 0 bridgehead atoms. The minimum absolute atomic E-state index is 0.0678. The number of ether oxygens (including phenoxy) is 3. The van der Waals surface area contributed by atoms with Crippen LogP contribution in [0.3, 0.4) is 0 Å². The predicted octanol–water partition coefficient (Wildman–Crippen LogP) is 2.16. The molecule has 4 heteroatoms. The Morgan fingerprint density at radius 1 is 1.19 bits per heavy atom. The molecule has 2 atom stereocenters. The molecule has 0 amide bonds. The highest BCUT2D eigenvalue weighted by Crippen LogP contribution is 2.00. The topological polar surface area (TPSA) is 44.8 Å². The van der Waals surface area contributed by atoms with Crippen molar-refractivity contribution < 1.29 is 19.0 Å². The van der Waals surface area contributed by atoms with E-state index in [0.29, 0.717) is 19.6 Å². The molecule has 0 aromatic rings. The van der Waals surface area contributed by atoms with Gasteiger partial charge < -0.3 is 14.2 Å². The quantitative estimate of drug-likeness (QED) is 0.571. The van der Waals surface area contributed by atoms with Gasteiger partial charge in [-0.3, -0.25) is 4.79 Å². The molecule has 0 spiro atoms. The Morgan fingerprint density at radius 2 is 1.88 bits per heavy atom. The third-order valence-corrected chi connectivity index (χ3v) is 2.23. The molecule has 0 aromatic heterocycles. The molecule has 96 valence electrons. The molecule has 0 N–H and O–H groups in total. The van der Waals surface area contributed by atoms with Gasteiger partial charge >= 0.3 is 5.97 Å². The van der Waals surface area contributed by atoms with Gasteiger partial charge in [-0.15, -0.1) is 0 Å². The average Bonchev–Trinajstić information content (AvgIpc) is 2.30. The molecule has 0 heterocycles. The number of carbonyl (C=O) groups is 1. The largest absolute Gasteiger partial charge is 0.463 e. The van der Waals surface area contributed by atoms with Crippen molar-refractivity contribution in [2.45, 2.75) is 52.2 Å². The van der Waals surface area contributed by atoms with Crippen molar-refractivity contribution in [1.29, 1.82) is 0 Å². The summed E-state index contributed by atoms with van der Waals surface area (Å²) in [5.41, 5.74) is 0. The van der Waals surface area contributed by atoms with Crippen molar-refractivity contribution in [2.24, 2.45) is 0 Å². The van der Waals surface area contributed by atoms with E-state index in [-0.39, 0.29) is 18.2 Å². The second-order valence-corrected chi connectivity index (χ2v) is 3.98. The van der Waals surface area contributed by atoms with Crippen molar-refractivity contribution in [3.63, 3.8) is 0 Å². The highest BCUT2D eigenvalue weighted by Gasteiger charge is 2.09. The molecule has 0 radical (unpaired) electrons. The Hall–Kier alpha value is -0.610. The molecule has 0 aliphatic carbocycles. The summed E-state index contributed by atoms with van der Waals surface area (Å²) in [5.74, 6) is -0.142. The van der Waals surface area contributed by atoms with Crippen LogP contribution in [0.4, 0.5) is 0 Å². The van der Waals surface area contributed by atoms with E-state index in [4.69, 9.17) is 14.2 Å². The lowest BCUT2D eigenvalue weighted by Crippen LogP contribution is -2.23. The first kappa shape index (κ1) is 15.4. The molecule has 4 nitrogen and oxygen atoms in total. The van der Waals surface area contributed by atoms with Gasteiger partial charge in [0.1, 0.15) is 6.61 Å². The average molecular weight is 232 g/mol. The smallest absolute Gasteiger partial charge is 0.305 e. The summed E-state index contributed by atoms with van der Waals surface area (Å²) in [4.78, 5) is 11.2. The van der Waals surface area contributed by atoms with Crippen LogP contribution in [0.5, 0.6) is 0 Å². The van der Waals surface area contributed by atoms with E-state index in [2.05, 4.69) is 0 Å². The van der Waals surface area contributed by atoms with E-state index in [9.17, 15) is 4.79 Å². The van der Waals surface area contributed by atoms with E-state index in [1.54, 1.807) is 7.11 Å². The van der Waals surface area contributed by atoms with E-state index in [0.717, 1.165) is 12.8 Å². The summed E-state index contributed by atoms with van der Waals surface area (Å²) in [6.07, 6.45) is 2.38. The van der Waals surface area contributed by atoms with Gasteiger partial charge in [-0.25, -0.2) is 0 Å². The summed E-state index contributed by atoms with van der Waals surface area (Å²) in [7, 11) is 1.64. The van der Waals surface area contributed by atoms with Crippen LogP contribution in [0, 0.1) is 0 Å². The standard InChI is InChI=1S/C12H24O4/c1-5-6-7-12(13)16-9-11(3)15-8-10(2)14-4/h10-11H,5-9H2,1-4H3. The molecular weight excluding hydrogens is 208 g/mol. The van der Waals surface area contributed by atoms with Crippen LogP contribution in [0.2, 0.25) is 0 Å². The summed E-state index contributed by atoms with van der Waals surface area (Å²) >= 11 is 0. The highest BCUT2D eigenvalue weighted by atomic mass is 16.6. The monoisotopic (exact) mass is 232 g/mol. The zero-order chi connectivity index (χ0) is 12.4. The van der Waals surface area contributed by atoms with Gasteiger partial charge in [-0.05, 0) is 20.3 Å². The molecule has 0 aliphatic rings. The highest BCUT2D eigenvalue weighted by molar-refractivity contribution is 5.69. The van der Waals surface area contributed by atoms with Crippen LogP contribution < -0.4 is 0 Å². The fourth-order valence-electron chi connectivity index (χ4n) is 1.02. The molecule has 0 saturated carbocycles. The Bertz CT molecular complexity index is 182. The maximum absolute atomic E-state index is 11.2. The van der Waals surface area contributed by atoms with Crippen LogP contribution in [0.25, 0.3) is 0 Å².